The van der Waals surface area contributed by atoms with Crippen LogP contribution < -0.4 is 11.2 Å². The highest BCUT2D eigenvalue weighted by Gasteiger charge is 2.45. The molecule has 0 amide bonds. The van der Waals surface area contributed by atoms with E-state index in [0.29, 0.717) is 6.42 Å². The molecule has 8 N–H and O–H groups in total. The van der Waals surface area contributed by atoms with Crippen LogP contribution in [0.1, 0.15) is 11.8 Å². The average molecular weight is 631 g/mol. The predicted molar refractivity (Wildman–Crippen MR) is 126 cm³/mol. The summed E-state index contributed by atoms with van der Waals surface area (Å²) in [4.78, 5) is 39.9. The summed E-state index contributed by atoms with van der Waals surface area (Å²) in [6.07, 6.45) is -4.00. The summed E-state index contributed by atoms with van der Waals surface area (Å²) in [6, 6.07) is 8.87. The summed E-state index contributed by atoms with van der Waals surface area (Å²) < 4.78 is 17.8. The van der Waals surface area contributed by atoms with Crippen molar-refractivity contribution in [2.45, 2.75) is 37.5 Å². The number of ether oxygens (including phenoxy) is 1. The molecule has 188 valence electrons. The molecule has 2 aromatic rings. The fourth-order valence-electron chi connectivity index (χ4n) is 3.35. The molecule has 0 bridgehead atoms. The Morgan fingerprint density at radius 2 is 1.85 bits per heavy atom. The summed E-state index contributed by atoms with van der Waals surface area (Å²) in [6.45, 7) is -0.507. The van der Waals surface area contributed by atoms with E-state index in [1.54, 1.807) is 0 Å². The molecule has 1 fully saturated rings. The number of aliphatic hydroxyl groups excluding tert-OH is 2. The molecule has 1 saturated heterocycles. The van der Waals surface area contributed by atoms with Crippen molar-refractivity contribution in [3.63, 3.8) is 0 Å². The number of aliphatic hydroxyl groups is 2. The van der Waals surface area contributed by atoms with Crippen LogP contribution in [0.2, 0.25) is 0 Å². The third kappa shape index (κ3) is 6.92. The number of nitrogens with zero attached hydrogens (tertiary/aromatic N) is 2. The lowest BCUT2D eigenvalue weighted by atomic mass is 10.1. The second-order valence-corrected chi connectivity index (χ2v) is 11.7. The maximum absolute atomic E-state index is 12.4. The maximum atomic E-state index is 12.4. The highest BCUT2D eigenvalue weighted by atomic mass is 127. The Labute approximate surface area is 206 Å². The summed E-state index contributed by atoms with van der Waals surface area (Å²) in [5.74, 6) is 0. The lowest BCUT2D eigenvalue weighted by Gasteiger charge is -2.21. The number of benzene rings is 1. The Kier molecular flexibility index (Phi) is 8.69. The maximum Gasteiger partial charge on any atom is 0.357 e. The molecule has 3 rings (SSSR count). The molecule has 0 saturated carbocycles. The summed E-state index contributed by atoms with van der Waals surface area (Å²) in [5, 5.41) is 43.5. The van der Waals surface area contributed by atoms with E-state index in [1.165, 1.54) is 16.8 Å². The zero-order chi connectivity index (χ0) is 25.3. The van der Waals surface area contributed by atoms with Gasteiger partial charge in [-0.25, -0.2) is 14.6 Å². The van der Waals surface area contributed by atoms with Crippen molar-refractivity contribution in [1.29, 1.82) is 15.7 Å². The van der Waals surface area contributed by atoms with Crippen molar-refractivity contribution in [2.24, 2.45) is 0 Å². The number of hydrogen-bond acceptors (Lipinski definition) is 9. The van der Waals surface area contributed by atoms with E-state index < -0.39 is 52.2 Å². The molecule has 1 aromatic carbocycles. The number of halogens is 1. The fourth-order valence-corrected chi connectivity index (χ4v) is 5.73. The van der Waals surface area contributed by atoms with Crippen LogP contribution >= 0.6 is 38.1 Å². The number of aromatic nitrogens is 2. The van der Waals surface area contributed by atoms with Gasteiger partial charge in [0.2, 0.25) is 5.62 Å². The zero-order valence-corrected chi connectivity index (χ0v) is 21.4. The first-order valence-electron chi connectivity index (χ1n) is 9.72. The van der Waals surface area contributed by atoms with Gasteiger partial charge >= 0.3 is 15.5 Å². The van der Waals surface area contributed by atoms with Crippen LogP contribution in [0.15, 0.2) is 41.3 Å². The number of hydrogen-bond donors (Lipinski definition) is 8. The van der Waals surface area contributed by atoms with Crippen molar-refractivity contribution in [1.82, 2.24) is 9.13 Å². The number of rotatable bonds is 9. The van der Waals surface area contributed by atoms with E-state index in [-0.39, 0.29) is 12.2 Å². The van der Waals surface area contributed by atoms with Crippen LogP contribution in [0.3, 0.4) is 0 Å². The van der Waals surface area contributed by atoms with Crippen LogP contribution in [-0.4, -0.2) is 58.9 Å². The van der Waals surface area contributed by atoms with Crippen molar-refractivity contribution in [2.75, 3.05) is 6.61 Å². The van der Waals surface area contributed by atoms with Crippen molar-refractivity contribution >= 4 is 38.1 Å². The van der Waals surface area contributed by atoms with Gasteiger partial charge in [-0.2, -0.15) is 0 Å². The van der Waals surface area contributed by atoms with E-state index in [9.17, 15) is 19.9 Å². The van der Waals surface area contributed by atoms with Gasteiger partial charge in [0.1, 0.15) is 18.3 Å². The van der Waals surface area contributed by atoms with E-state index in [2.05, 4.69) is 26.9 Å². The highest BCUT2D eigenvalue weighted by Crippen LogP contribution is 2.58. The normalized spacial score (nSPS) is 24.8. The third-order valence-electron chi connectivity index (χ3n) is 4.91. The molecule has 0 radical (unpaired) electrons. The SMILES string of the molecule is N=c1n([C@@H]2O[C@H](COP(=N)(O)OP(=N)(O)O)[C@H](O)[C@@H]2O)ccc(=O)n1CCc1cccc(I)c1. The minimum absolute atomic E-state index is 0.185. The van der Waals surface area contributed by atoms with Gasteiger partial charge < -0.3 is 29.6 Å². The lowest BCUT2D eigenvalue weighted by Crippen LogP contribution is -2.43. The molecular weight excluding hydrogens is 607 g/mol. The second-order valence-electron chi connectivity index (χ2n) is 7.40. The van der Waals surface area contributed by atoms with E-state index in [0.717, 1.165) is 13.7 Å². The molecule has 0 spiro atoms. The van der Waals surface area contributed by atoms with Crippen LogP contribution in [-0.2, 0) is 26.5 Å². The Bertz CT molecular complexity index is 1250. The van der Waals surface area contributed by atoms with Crippen LogP contribution in [0.4, 0.5) is 0 Å². The molecule has 34 heavy (non-hydrogen) atoms. The van der Waals surface area contributed by atoms with Gasteiger partial charge in [0.05, 0.1) is 6.61 Å². The van der Waals surface area contributed by atoms with Crippen LogP contribution in [0, 0.1) is 19.3 Å². The molecule has 2 heterocycles. The lowest BCUT2D eigenvalue weighted by molar-refractivity contribution is -0.0543. The molecule has 1 unspecified atom stereocenters. The van der Waals surface area contributed by atoms with E-state index in [1.807, 2.05) is 24.3 Å². The highest BCUT2D eigenvalue weighted by molar-refractivity contribution is 14.1. The number of nitrogens with one attached hydrogen (secondary N) is 3. The zero-order valence-electron chi connectivity index (χ0n) is 17.4. The van der Waals surface area contributed by atoms with Gasteiger partial charge in [-0.15, -0.1) is 0 Å². The van der Waals surface area contributed by atoms with Crippen molar-refractivity contribution < 1.29 is 38.5 Å². The predicted octanol–water partition coefficient (Wildman–Crippen LogP) is 0.656. The molecule has 14 nitrogen and oxygen atoms in total. The quantitative estimate of drug-likeness (QED) is 0.143. The Balaban J connectivity index is 1.76. The van der Waals surface area contributed by atoms with Gasteiger partial charge in [0.25, 0.3) is 5.56 Å². The third-order valence-corrected chi connectivity index (χ3v) is 7.87. The largest absolute Gasteiger partial charge is 0.387 e. The van der Waals surface area contributed by atoms with E-state index in [4.69, 9.17) is 34.8 Å². The standard InChI is InChI=1S/C17H24IN5O9P2/c18-11-3-1-2-10(8-11)4-6-22-13(24)5-7-23(17(22)19)16-15(26)14(25)12(31-16)9-30-34(21,29)32-33(20,27)28/h1-3,5,7-8,12,14-16,19,25-26H,4,6,9H2,(H2,21,29)(H3,20,27,28)/t12-,14+,15+,16-,34?/m1/s1. The van der Waals surface area contributed by atoms with Crippen LogP contribution in [0.25, 0.3) is 0 Å². The minimum atomic E-state index is -4.71. The molecule has 1 aliphatic heterocycles. The van der Waals surface area contributed by atoms with E-state index >= 15 is 0 Å². The van der Waals surface area contributed by atoms with Crippen molar-refractivity contribution in [3.8, 4) is 0 Å². The van der Waals surface area contributed by atoms with Gasteiger partial charge in [0.15, 0.2) is 6.23 Å². The van der Waals surface area contributed by atoms with Crippen molar-refractivity contribution in [3.05, 3.63) is 61.6 Å². The molecule has 5 atom stereocenters. The minimum Gasteiger partial charge on any atom is -0.387 e. The number of aryl methyl sites for hydroxylation is 1. The first-order chi connectivity index (χ1) is 15.8. The van der Waals surface area contributed by atoms with Gasteiger partial charge in [0, 0.05) is 22.4 Å². The van der Waals surface area contributed by atoms with Crippen LogP contribution in [0.5, 0.6) is 0 Å². The topological polar surface area (TPSA) is 227 Å². The molecule has 1 aromatic heterocycles. The molecular formula is C17H24IN5O9P2. The summed E-state index contributed by atoms with van der Waals surface area (Å²) in [5.41, 5.74) is 0.251. The summed E-state index contributed by atoms with van der Waals surface area (Å²) in [7, 11) is -9.28. The Morgan fingerprint density at radius 3 is 2.50 bits per heavy atom. The molecule has 0 aliphatic carbocycles. The second kappa shape index (κ2) is 10.8. The van der Waals surface area contributed by atoms with Gasteiger partial charge in [-0.3, -0.25) is 23.9 Å². The molecule has 1 aliphatic rings. The smallest absolute Gasteiger partial charge is 0.357 e. The Hall–Kier alpha value is -1.23. The average Bonchev–Trinajstić information content (AvgIpc) is 2.99. The summed E-state index contributed by atoms with van der Waals surface area (Å²) >= 11 is 2.17. The Morgan fingerprint density at radius 1 is 1.15 bits per heavy atom. The van der Waals surface area contributed by atoms with Gasteiger partial charge in [-0.1, -0.05) is 12.1 Å². The monoisotopic (exact) mass is 631 g/mol. The fraction of sp³-hybridized carbons (Fsp3) is 0.412. The first kappa shape index (κ1) is 27.4. The first-order valence-corrected chi connectivity index (χ1v) is 14.0. The van der Waals surface area contributed by atoms with Gasteiger partial charge in [-0.05, 0) is 46.7 Å². The molecule has 17 heteroatoms.